The summed E-state index contributed by atoms with van der Waals surface area (Å²) in [4.78, 5) is 27.4. The second kappa shape index (κ2) is 9.12. The molecule has 1 fully saturated rings. The van der Waals surface area contributed by atoms with Gasteiger partial charge in [0.2, 0.25) is 0 Å². The number of hydrogen-bond donors (Lipinski definition) is 0. The predicted molar refractivity (Wildman–Crippen MR) is 121 cm³/mol. The molecule has 0 aromatic heterocycles. The highest BCUT2D eigenvalue weighted by Crippen LogP contribution is 2.25. The predicted octanol–water partition coefficient (Wildman–Crippen LogP) is 5.43. The number of rotatable bonds is 3. The number of ketones is 1. The highest BCUT2D eigenvalue weighted by Gasteiger charge is 2.30. The van der Waals surface area contributed by atoms with Crippen LogP contribution in [0.2, 0.25) is 0 Å². The van der Waals surface area contributed by atoms with Crippen molar-refractivity contribution in [1.29, 1.82) is 0 Å². The highest BCUT2D eigenvalue weighted by atomic mass is 16.6. The highest BCUT2D eigenvalue weighted by molar-refractivity contribution is 6.15. The summed E-state index contributed by atoms with van der Waals surface area (Å²) >= 11 is 0. The summed E-state index contributed by atoms with van der Waals surface area (Å²) in [6, 6.07) is 12.3. The fourth-order valence-electron chi connectivity index (χ4n) is 3.73. The summed E-state index contributed by atoms with van der Waals surface area (Å²) in [5.41, 5.74) is 7.71. The number of amides is 1. The molecule has 1 aliphatic rings. The summed E-state index contributed by atoms with van der Waals surface area (Å²) in [6.45, 7) is 10.7. The third-order valence-corrected chi connectivity index (χ3v) is 5.34. The van der Waals surface area contributed by atoms with E-state index in [-0.39, 0.29) is 18.9 Å². The van der Waals surface area contributed by atoms with Gasteiger partial charge in [-0.05, 0) is 69.0 Å². The van der Waals surface area contributed by atoms with Crippen LogP contribution in [0.25, 0.3) is 12.2 Å². The molecular formula is C26H29NO3. The number of piperidine rings is 1. The van der Waals surface area contributed by atoms with Gasteiger partial charge in [-0.1, -0.05) is 47.5 Å². The number of carbonyl (C=O) groups is 2. The molecule has 4 nitrogen and oxygen atoms in total. The minimum absolute atomic E-state index is 0.0181. The van der Waals surface area contributed by atoms with Gasteiger partial charge in [-0.15, -0.1) is 0 Å². The number of nitrogens with zero attached hydrogens (tertiary/aromatic N) is 1. The number of ether oxygens (including phenoxy) is 1. The first-order chi connectivity index (χ1) is 14.3. The van der Waals surface area contributed by atoms with E-state index in [9.17, 15) is 9.59 Å². The zero-order chi connectivity index (χ0) is 21.8. The van der Waals surface area contributed by atoms with E-state index in [2.05, 4.69) is 12.1 Å². The van der Waals surface area contributed by atoms with Gasteiger partial charge in [0, 0.05) is 11.1 Å². The Balaban J connectivity index is 2.03. The SMILES string of the molecule is CCOC(=O)N1CC(=Cc2ccc(C)cc2C)C(=O)C(=Cc2ccc(C)cc2C)C1. The Hall–Kier alpha value is -3.14. The fraction of sp³-hybridized carbons (Fsp3) is 0.308. The summed E-state index contributed by atoms with van der Waals surface area (Å²) in [7, 11) is 0. The molecule has 30 heavy (non-hydrogen) atoms. The van der Waals surface area contributed by atoms with Crippen molar-refractivity contribution in [2.45, 2.75) is 34.6 Å². The van der Waals surface area contributed by atoms with Crippen LogP contribution >= 0.6 is 0 Å². The summed E-state index contributed by atoms with van der Waals surface area (Å²) < 4.78 is 5.21. The maximum absolute atomic E-state index is 13.3. The van der Waals surface area contributed by atoms with E-state index in [4.69, 9.17) is 4.74 Å². The van der Waals surface area contributed by atoms with E-state index in [0.717, 1.165) is 22.3 Å². The van der Waals surface area contributed by atoms with Crippen molar-refractivity contribution >= 4 is 24.0 Å². The molecule has 4 heteroatoms. The minimum atomic E-state index is -0.400. The molecule has 2 aromatic carbocycles. The summed E-state index contributed by atoms with van der Waals surface area (Å²) in [6.07, 6.45) is 3.40. The van der Waals surface area contributed by atoms with Crippen molar-refractivity contribution in [3.8, 4) is 0 Å². The van der Waals surface area contributed by atoms with Gasteiger partial charge in [0.05, 0.1) is 19.7 Å². The number of Topliss-reactive ketones (excluding diaryl/α,β-unsaturated/α-hetero) is 1. The van der Waals surface area contributed by atoms with Crippen LogP contribution in [0, 0.1) is 27.7 Å². The molecule has 0 N–H and O–H groups in total. The van der Waals surface area contributed by atoms with Crippen molar-refractivity contribution in [3.63, 3.8) is 0 Å². The molecule has 0 spiro atoms. The molecule has 0 unspecified atom stereocenters. The molecule has 0 bridgehead atoms. The van der Waals surface area contributed by atoms with Gasteiger partial charge in [0.15, 0.2) is 5.78 Å². The van der Waals surface area contributed by atoms with Gasteiger partial charge in [-0.3, -0.25) is 9.69 Å². The Morgan fingerprint density at radius 1 is 0.900 bits per heavy atom. The molecular weight excluding hydrogens is 374 g/mol. The number of carbonyl (C=O) groups excluding carboxylic acids is 2. The van der Waals surface area contributed by atoms with Crippen molar-refractivity contribution in [2.24, 2.45) is 0 Å². The van der Waals surface area contributed by atoms with E-state index < -0.39 is 6.09 Å². The average Bonchev–Trinajstić information content (AvgIpc) is 2.69. The smallest absolute Gasteiger partial charge is 0.410 e. The summed E-state index contributed by atoms with van der Waals surface area (Å²) in [5, 5.41) is 0. The Bertz CT molecular complexity index is 973. The molecule has 2 aromatic rings. The van der Waals surface area contributed by atoms with E-state index in [1.807, 2.05) is 64.1 Å². The first kappa shape index (κ1) is 21.6. The molecule has 0 radical (unpaired) electrons. The normalized spacial score (nSPS) is 17.0. The Morgan fingerprint density at radius 2 is 1.37 bits per heavy atom. The van der Waals surface area contributed by atoms with Crippen molar-refractivity contribution in [2.75, 3.05) is 19.7 Å². The Labute approximate surface area is 178 Å². The molecule has 156 valence electrons. The molecule has 0 atom stereocenters. The number of likely N-dealkylation sites (tertiary alicyclic amines) is 1. The number of benzene rings is 2. The monoisotopic (exact) mass is 403 g/mol. The third-order valence-electron chi connectivity index (χ3n) is 5.34. The molecule has 3 rings (SSSR count). The lowest BCUT2D eigenvalue weighted by atomic mass is 9.92. The zero-order valence-electron chi connectivity index (χ0n) is 18.4. The minimum Gasteiger partial charge on any atom is -0.450 e. The Morgan fingerprint density at radius 3 is 1.77 bits per heavy atom. The first-order valence-electron chi connectivity index (χ1n) is 10.3. The quantitative estimate of drug-likeness (QED) is 0.642. The number of aryl methyl sites for hydroxylation is 4. The van der Waals surface area contributed by atoms with Crippen LogP contribution in [-0.4, -0.2) is 36.5 Å². The standard InChI is InChI=1S/C26H29NO3/c1-6-30-26(29)27-15-23(13-21-9-7-17(2)11-19(21)4)25(28)24(16-27)14-22-10-8-18(3)12-20(22)5/h7-14H,6,15-16H2,1-5H3. The van der Waals surface area contributed by atoms with Crippen LogP contribution in [0.1, 0.15) is 40.3 Å². The summed E-state index contributed by atoms with van der Waals surface area (Å²) in [5.74, 6) is -0.0181. The zero-order valence-corrected chi connectivity index (χ0v) is 18.4. The van der Waals surface area contributed by atoms with Gasteiger partial charge in [-0.2, -0.15) is 0 Å². The van der Waals surface area contributed by atoms with Crippen LogP contribution in [-0.2, 0) is 9.53 Å². The van der Waals surface area contributed by atoms with E-state index >= 15 is 0 Å². The van der Waals surface area contributed by atoms with Crippen LogP contribution in [0.5, 0.6) is 0 Å². The van der Waals surface area contributed by atoms with E-state index in [1.54, 1.807) is 11.8 Å². The third kappa shape index (κ3) is 4.88. The average molecular weight is 404 g/mol. The maximum Gasteiger partial charge on any atom is 0.410 e. The molecule has 1 amide bonds. The van der Waals surface area contributed by atoms with Crippen LogP contribution in [0.15, 0.2) is 47.5 Å². The van der Waals surface area contributed by atoms with Crippen molar-refractivity contribution < 1.29 is 14.3 Å². The van der Waals surface area contributed by atoms with E-state index in [1.165, 1.54) is 11.1 Å². The lowest BCUT2D eigenvalue weighted by Crippen LogP contribution is -2.41. The molecule has 0 saturated carbocycles. The second-order valence-corrected chi connectivity index (χ2v) is 7.94. The van der Waals surface area contributed by atoms with E-state index in [0.29, 0.717) is 17.8 Å². The number of hydrogen-bond acceptors (Lipinski definition) is 3. The molecule has 1 saturated heterocycles. The largest absolute Gasteiger partial charge is 0.450 e. The van der Waals surface area contributed by atoms with Crippen molar-refractivity contribution in [3.05, 3.63) is 80.9 Å². The lowest BCUT2D eigenvalue weighted by molar-refractivity contribution is -0.113. The second-order valence-electron chi connectivity index (χ2n) is 7.94. The Kier molecular flexibility index (Phi) is 6.56. The molecule has 1 heterocycles. The van der Waals surface area contributed by atoms with Gasteiger partial charge in [-0.25, -0.2) is 4.79 Å². The van der Waals surface area contributed by atoms with Crippen molar-refractivity contribution in [1.82, 2.24) is 4.90 Å². The van der Waals surface area contributed by atoms with Crippen LogP contribution in [0.3, 0.4) is 0 Å². The van der Waals surface area contributed by atoms with Crippen LogP contribution in [0.4, 0.5) is 4.79 Å². The lowest BCUT2D eigenvalue weighted by Gasteiger charge is -2.29. The first-order valence-corrected chi connectivity index (χ1v) is 10.3. The van der Waals surface area contributed by atoms with Gasteiger partial charge < -0.3 is 4.74 Å². The molecule has 1 aliphatic heterocycles. The topological polar surface area (TPSA) is 46.6 Å². The maximum atomic E-state index is 13.3. The fourth-order valence-corrected chi connectivity index (χ4v) is 3.73. The van der Waals surface area contributed by atoms with Gasteiger partial charge in [0.25, 0.3) is 0 Å². The van der Waals surface area contributed by atoms with Gasteiger partial charge >= 0.3 is 6.09 Å². The van der Waals surface area contributed by atoms with Gasteiger partial charge in [0.1, 0.15) is 0 Å². The van der Waals surface area contributed by atoms with Crippen LogP contribution < -0.4 is 0 Å². The molecule has 0 aliphatic carbocycles.